The normalized spacial score (nSPS) is 21.6. The van der Waals surface area contributed by atoms with Crippen LogP contribution in [0.1, 0.15) is 10.6 Å². The Morgan fingerprint density at radius 3 is 2.38 bits per heavy atom. The highest BCUT2D eigenvalue weighted by Crippen LogP contribution is 2.05. The standard InChI is InChI=1S/C15H23N3O3/c19-15(14-2-1-11-21-14)18-7-5-16(6-8-18)3-4-17-9-12-20-13-10-17/h1-2,11H,3-10,12-13H2/p+2. The molecule has 0 unspecified atom stereocenters. The SMILES string of the molecule is O=C(c1ccco1)N1CC[NH+](CC[NH+]2CCOCC2)CC1. The van der Waals surface area contributed by atoms with Crippen molar-refractivity contribution in [1.82, 2.24) is 4.90 Å². The van der Waals surface area contributed by atoms with Crippen LogP contribution in [0.2, 0.25) is 0 Å². The maximum absolute atomic E-state index is 12.2. The lowest BCUT2D eigenvalue weighted by atomic mass is 10.2. The number of quaternary nitrogens is 2. The van der Waals surface area contributed by atoms with Crippen molar-refractivity contribution >= 4 is 5.91 Å². The molecule has 1 amide bonds. The van der Waals surface area contributed by atoms with Crippen molar-refractivity contribution in [3.8, 4) is 0 Å². The molecule has 0 atom stereocenters. The van der Waals surface area contributed by atoms with Crippen LogP contribution in [0, 0.1) is 0 Å². The van der Waals surface area contributed by atoms with Crippen molar-refractivity contribution < 1.29 is 23.7 Å². The minimum Gasteiger partial charge on any atom is -0.459 e. The molecule has 1 aromatic rings. The monoisotopic (exact) mass is 295 g/mol. The van der Waals surface area contributed by atoms with Gasteiger partial charge in [0.1, 0.15) is 26.2 Å². The molecule has 21 heavy (non-hydrogen) atoms. The first kappa shape index (κ1) is 14.6. The average Bonchev–Trinajstić information content (AvgIpc) is 3.08. The largest absolute Gasteiger partial charge is 0.459 e. The smallest absolute Gasteiger partial charge is 0.289 e. The van der Waals surface area contributed by atoms with Crippen LogP contribution in [-0.4, -0.2) is 76.4 Å². The summed E-state index contributed by atoms with van der Waals surface area (Å²) in [7, 11) is 0. The Kier molecular flexibility index (Phi) is 4.90. The molecule has 2 saturated heterocycles. The zero-order chi connectivity index (χ0) is 14.5. The molecule has 0 aliphatic carbocycles. The molecule has 1 aromatic heterocycles. The zero-order valence-corrected chi connectivity index (χ0v) is 12.5. The predicted molar refractivity (Wildman–Crippen MR) is 76.6 cm³/mol. The van der Waals surface area contributed by atoms with Crippen LogP contribution in [0.25, 0.3) is 0 Å². The molecule has 2 aliphatic heterocycles. The minimum atomic E-state index is 0.0258. The van der Waals surface area contributed by atoms with Crippen LogP contribution in [-0.2, 0) is 4.74 Å². The second-order valence-electron chi connectivity index (χ2n) is 5.88. The highest BCUT2D eigenvalue weighted by atomic mass is 16.5. The molecule has 3 heterocycles. The maximum atomic E-state index is 12.2. The molecule has 2 fully saturated rings. The van der Waals surface area contributed by atoms with Gasteiger partial charge in [-0.3, -0.25) is 4.79 Å². The fraction of sp³-hybridized carbons (Fsp3) is 0.667. The summed E-state index contributed by atoms with van der Waals surface area (Å²) < 4.78 is 10.6. The van der Waals surface area contributed by atoms with E-state index in [0.29, 0.717) is 5.76 Å². The van der Waals surface area contributed by atoms with E-state index in [0.717, 1.165) is 52.5 Å². The molecular weight excluding hydrogens is 270 g/mol. The van der Waals surface area contributed by atoms with Crippen LogP contribution in [0.4, 0.5) is 0 Å². The number of hydrogen-bond donors (Lipinski definition) is 2. The van der Waals surface area contributed by atoms with Crippen LogP contribution < -0.4 is 9.80 Å². The Balaban J connectivity index is 1.39. The zero-order valence-electron chi connectivity index (χ0n) is 12.5. The fourth-order valence-corrected chi connectivity index (χ4v) is 3.10. The van der Waals surface area contributed by atoms with E-state index in [1.54, 1.807) is 28.2 Å². The number of piperazine rings is 1. The van der Waals surface area contributed by atoms with Gasteiger partial charge in [-0.25, -0.2) is 0 Å². The first-order chi connectivity index (χ1) is 10.3. The number of hydrogen-bond acceptors (Lipinski definition) is 3. The lowest BCUT2D eigenvalue weighted by molar-refractivity contribution is -0.962. The van der Waals surface area contributed by atoms with E-state index in [4.69, 9.17) is 9.15 Å². The summed E-state index contributed by atoms with van der Waals surface area (Å²) >= 11 is 0. The van der Waals surface area contributed by atoms with Crippen LogP contribution in [0.3, 0.4) is 0 Å². The van der Waals surface area contributed by atoms with E-state index in [2.05, 4.69) is 0 Å². The highest BCUT2D eigenvalue weighted by molar-refractivity contribution is 5.91. The lowest BCUT2D eigenvalue weighted by Gasteiger charge is -2.32. The molecule has 0 spiro atoms. The van der Waals surface area contributed by atoms with Crippen LogP contribution >= 0.6 is 0 Å². The summed E-state index contributed by atoms with van der Waals surface area (Å²) in [6, 6.07) is 3.50. The van der Waals surface area contributed by atoms with Crippen molar-refractivity contribution in [2.24, 2.45) is 0 Å². The van der Waals surface area contributed by atoms with Gasteiger partial charge in [0, 0.05) is 0 Å². The molecule has 2 aliphatic rings. The van der Waals surface area contributed by atoms with E-state index in [9.17, 15) is 4.79 Å². The Bertz CT molecular complexity index is 435. The van der Waals surface area contributed by atoms with Gasteiger partial charge in [0.05, 0.1) is 45.7 Å². The fourth-order valence-electron chi connectivity index (χ4n) is 3.10. The van der Waals surface area contributed by atoms with Crippen molar-refractivity contribution in [2.45, 2.75) is 0 Å². The Hall–Kier alpha value is -1.37. The lowest BCUT2D eigenvalue weighted by Crippen LogP contribution is -3.22. The van der Waals surface area contributed by atoms with Crippen LogP contribution in [0.15, 0.2) is 22.8 Å². The number of nitrogens with one attached hydrogen (secondary N) is 2. The third-order valence-electron chi connectivity index (χ3n) is 4.52. The second-order valence-corrected chi connectivity index (χ2v) is 5.88. The van der Waals surface area contributed by atoms with E-state index < -0.39 is 0 Å². The van der Waals surface area contributed by atoms with E-state index in [1.165, 1.54) is 13.1 Å². The van der Waals surface area contributed by atoms with Crippen molar-refractivity contribution in [1.29, 1.82) is 0 Å². The predicted octanol–water partition coefficient (Wildman–Crippen LogP) is -2.46. The Morgan fingerprint density at radius 1 is 1.10 bits per heavy atom. The van der Waals surface area contributed by atoms with Crippen molar-refractivity contribution in [2.75, 3.05) is 65.6 Å². The third-order valence-corrected chi connectivity index (χ3v) is 4.52. The Labute approximate surface area is 125 Å². The van der Waals surface area contributed by atoms with Gasteiger partial charge in [-0.2, -0.15) is 0 Å². The summed E-state index contributed by atoms with van der Waals surface area (Å²) in [5.74, 6) is 0.481. The molecular formula is C15H25N3O3+2. The topological polar surface area (TPSA) is 51.6 Å². The molecule has 0 saturated carbocycles. The van der Waals surface area contributed by atoms with Gasteiger partial charge in [-0.05, 0) is 12.1 Å². The molecule has 0 bridgehead atoms. The summed E-state index contributed by atoms with van der Waals surface area (Å²) in [5, 5.41) is 0. The summed E-state index contributed by atoms with van der Waals surface area (Å²) in [5.41, 5.74) is 0. The first-order valence-corrected chi connectivity index (χ1v) is 7.90. The van der Waals surface area contributed by atoms with Gasteiger partial charge >= 0.3 is 0 Å². The van der Waals surface area contributed by atoms with Crippen molar-refractivity contribution in [3.05, 3.63) is 24.2 Å². The van der Waals surface area contributed by atoms with E-state index >= 15 is 0 Å². The molecule has 3 rings (SSSR count). The number of carbonyl (C=O) groups excluding carboxylic acids is 1. The molecule has 0 aromatic carbocycles. The van der Waals surface area contributed by atoms with Gasteiger partial charge in [-0.15, -0.1) is 0 Å². The van der Waals surface area contributed by atoms with Gasteiger partial charge in [0.15, 0.2) is 5.76 Å². The number of morpholine rings is 1. The number of carbonyl (C=O) groups is 1. The summed E-state index contributed by atoms with van der Waals surface area (Å²) in [6.45, 7) is 10.2. The quantitative estimate of drug-likeness (QED) is 0.648. The first-order valence-electron chi connectivity index (χ1n) is 7.90. The average molecular weight is 295 g/mol. The van der Waals surface area contributed by atoms with Gasteiger partial charge in [0.2, 0.25) is 0 Å². The molecule has 6 heteroatoms. The summed E-state index contributed by atoms with van der Waals surface area (Å²) in [6.07, 6.45) is 1.56. The van der Waals surface area contributed by atoms with Crippen LogP contribution in [0.5, 0.6) is 0 Å². The molecule has 6 nitrogen and oxygen atoms in total. The molecule has 116 valence electrons. The van der Waals surface area contributed by atoms with Crippen molar-refractivity contribution in [3.63, 3.8) is 0 Å². The molecule has 2 N–H and O–H groups in total. The van der Waals surface area contributed by atoms with Gasteiger partial charge < -0.3 is 23.9 Å². The highest BCUT2D eigenvalue weighted by Gasteiger charge is 2.26. The minimum absolute atomic E-state index is 0.0258. The van der Waals surface area contributed by atoms with Gasteiger partial charge in [0.25, 0.3) is 5.91 Å². The Morgan fingerprint density at radius 2 is 1.76 bits per heavy atom. The van der Waals surface area contributed by atoms with Gasteiger partial charge in [-0.1, -0.05) is 0 Å². The second kappa shape index (κ2) is 7.06. The number of rotatable bonds is 4. The number of amides is 1. The maximum Gasteiger partial charge on any atom is 0.289 e. The van der Waals surface area contributed by atoms with E-state index in [1.807, 2.05) is 4.90 Å². The number of nitrogens with zero attached hydrogens (tertiary/aromatic N) is 1. The molecule has 0 radical (unpaired) electrons. The summed E-state index contributed by atoms with van der Waals surface area (Å²) in [4.78, 5) is 17.3. The third kappa shape index (κ3) is 3.84. The number of ether oxygens (including phenoxy) is 1. The number of furan rings is 1. The van der Waals surface area contributed by atoms with E-state index in [-0.39, 0.29) is 5.91 Å².